The predicted octanol–water partition coefficient (Wildman–Crippen LogP) is 4.03. The number of amides is 1. The molecular weight excluding hydrogens is 333 g/mol. The first-order valence-corrected chi connectivity index (χ1v) is 7.86. The number of hydrogen-bond donors (Lipinski definition) is 0. The summed E-state index contributed by atoms with van der Waals surface area (Å²) < 4.78 is 24.1. The zero-order chi connectivity index (χ0) is 17.5. The van der Waals surface area contributed by atoms with E-state index in [0.29, 0.717) is 36.1 Å². The second-order valence-corrected chi connectivity index (χ2v) is 5.67. The van der Waals surface area contributed by atoms with Gasteiger partial charge in [-0.1, -0.05) is 17.7 Å². The molecule has 0 bridgehead atoms. The molecule has 0 atom stereocenters. The van der Waals surface area contributed by atoms with Crippen LogP contribution < -0.4 is 9.47 Å². The lowest BCUT2D eigenvalue weighted by Gasteiger charge is -2.19. The maximum atomic E-state index is 13.4. The van der Waals surface area contributed by atoms with E-state index in [4.69, 9.17) is 21.1 Å². The van der Waals surface area contributed by atoms with E-state index >= 15 is 0 Å². The van der Waals surface area contributed by atoms with E-state index in [9.17, 15) is 9.18 Å². The molecule has 0 aromatic heterocycles. The van der Waals surface area contributed by atoms with Crippen molar-refractivity contribution in [3.63, 3.8) is 0 Å². The molecule has 128 valence electrons. The summed E-state index contributed by atoms with van der Waals surface area (Å²) in [5.74, 6) is 0.262. The molecule has 1 amide bonds. The number of nitrogens with zero attached hydrogens (tertiary/aromatic N) is 1. The van der Waals surface area contributed by atoms with Crippen LogP contribution in [0.1, 0.15) is 16.8 Å². The van der Waals surface area contributed by atoms with Crippen LogP contribution in [0.5, 0.6) is 11.5 Å². The van der Waals surface area contributed by atoms with Crippen LogP contribution in [0, 0.1) is 5.82 Å². The van der Waals surface area contributed by atoms with Gasteiger partial charge in [0, 0.05) is 18.6 Å². The molecule has 0 aliphatic heterocycles. The van der Waals surface area contributed by atoms with Gasteiger partial charge >= 0.3 is 0 Å². The van der Waals surface area contributed by atoms with E-state index in [1.807, 2.05) is 12.1 Å². The van der Waals surface area contributed by atoms with Crippen molar-refractivity contribution in [2.24, 2.45) is 0 Å². The Hall–Kier alpha value is -2.27. The molecule has 2 rings (SSSR count). The van der Waals surface area contributed by atoms with Crippen molar-refractivity contribution in [2.45, 2.75) is 6.42 Å². The minimum atomic E-state index is -0.475. The molecule has 0 spiro atoms. The van der Waals surface area contributed by atoms with Crippen LogP contribution in [0.2, 0.25) is 5.02 Å². The quantitative estimate of drug-likeness (QED) is 0.707. The molecule has 0 fully saturated rings. The highest BCUT2D eigenvalue weighted by Gasteiger charge is 2.17. The molecule has 0 heterocycles. The maximum absolute atomic E-state index is 13.4. The topological polar surface area (TPSA) is 38.8 Å². The summed E-state index contributed by atoms with van der Waals surface area (Å²) in [5.41, 5.74) is 0.204. The van der Waals surface area contributed by atoms with Gasteiger partial charge in [-0.25, -0.2) is 4.39 Å². The van der Waals surface area contributed by atoms with Gasteiger partial charge in [0.2, 0.25) is 0 Å². The Balaban J connectivity index is 1.87. The van der Waals surface area contributed by atoms with E-state index in [1.165, 1.54) is 30.2 Å². The normalized spacial score (nSPS) is 10.3. The molecule has 0 unspecified atom stereocenters. The molecule has 0 radical (unpaired) electrons. The summed E-state index contributed by atoms with van der Waals surface area (Å²) in [6.45, 7) is 0.914. The summed E-state index contributed by atoms with van der Waals surface area (Å²) in [7, 11) is 3.11. The maximum Gasteiger partial charge on any atom is 0.257 e. The fourth-order valence-electron chi connectivity index (χ4n) is 2.20. The smallest absolute Gasteiger partial charge is 0.257 e. The van der Waals surface area contributed by atoms with Crippen molar-refractivity contribution in [3.05, 3.63) is 58.9 Å². The summed E-state index contributed by atoms with van der Waals surface area (Å²) in [6.07, 6.45) is 0.631. The fourth-order valence-corrected chi connectivity index (χ4v) is 2.38. The summed E-state index contributed by atoms with van der Waals surface area (Å²) >= 11 is 5.88. The Labute approximate surface area is 145 Å². The third-order valence-corrected chi connectivity index (χ3v) is 3.68. The number of halogens is 2. The van der Waals surface area contributed by atoms with Crippen LogP contribution in [0.3, 0.4) is 0 Å². The number of rotatable bonds is 7. The van der Waals surface area contributed by atoms with Gasteiger partial charge in [-0.3, -0.25) is 4.79 Å². The van der Waals surface area contributed by atoms with Gasteiger partial charge in [-0.2, -0.15) is 0 Å². The monoisotopic (exact) mass is 351 g/mol. The molecule has 6 heteroatoms. The van der Waals surface area contributed by atoms with E-state index < -0.39 is 5.82 Å². The second kappa shape index (κ2) is 8.55. The lowest BCUT2D eigenvalue weighted by atomic mass is 10.1. The Morgan fingerprint density at radius 3 is 2.75 bits per heavy atom. The van der Waals surface area contributed by atoms with E-state index in [1.54, 1.807) is 19.2 Å². The summed E-state index contributed by atoms with van der Waals surface area (Å²) in [4.78, 5) is 13.9. The van der Waals surface area contributed by atoms with Gasteiger partial charge in [-0.05, 0) is 42.8 Å². The number of hydrogen-bond acceptors (Lipinski definition) is 3. The number of carbonyl (C=O) groups excluding carboxylic acids is 1. The molecule has 0 saturated heterocycles. The first kappa shape index (κ1) is 18.1. The van der Waals surface area contributed by atoms with Crippen LogP contribution in [0.25, 0.3) is 0 Å². The Kier molecular flexibility index (Phi) is 6.44. The minimum absolute atomic E-state index is 0.204. The number of benzene rings is 2. The highest BCUT2D eigenvalue weighted by molar-refractivity contribution is 6.30. The molecule has 4 nitrogen and oxygen atoms in total. The number of methoxy groups -OCH3 is 1. The van der Waals surface area contributed by atoms with Crippen molar-refractivity contribution in [2.75, 3.05) is 27.3 Å². The Morgan fingerprint density at radius 1 is 1.25 bits per heavy atom. The zero-order valence-corrected chi connectivity index (χ0v) is 14.3. The summed E-state index contributed by atoms with van der Waals surface area (Å²) in [5, 5.41) is 0.609. The van der Waals surface area contributed by atoms with Gasteiger partial charge in [0.1, 0.15) is 17.3 Å². The number of carbonyl (C=O) groups is 1. The third kappa shape index (κ3) is 4.86. The molecule has 0 saturated carbocycles. The SMILES string of the molecule is COc1ccc(F)cc1C(=O)N(C)CCCOc1cccc(Cl)c1. The van der Waals surface area contributed by atoms with Crippen LogP contribution in [-0.2, 0) is 0 Å². The van der Waals surface area contributed by atoms with Gasteiger partial charge in [0.25, 0.3) is 5.91 Å². The number of ether oxygens (including phenoxy) is 2. The van der Waals surface area contributed by atoms with Crippen molar-refractivity contribution in [3.8, 4) is 11.5 Å². The van der Waals surface area contributed by atoms with Crippen LogP contribution in [0.4, 0.5) is 4.39 Å². The van der Waals surface area contributed by atoms with Crippen molar-refractivity contribution < 1.29 is 18.7 Å². The largest absolute Gasteiger partial charge is 0.496 e. The standard InChI is InChI=1S/C18H19ClFNO3/c1-21(9-4-10-24-15-6-3-5-13(19)11-15)18(22)16-12-14(20)7-8-17(16)23-2/h3,5-8,11-12H,4,9-10H2,1-2H3. The predicted molar refractivity (Wildman–Crippen MR) is 91.5 cm³/mol. The average molecular weight is 352 g/mol. The van der Waals surface area contributed by atoms with Gasteiger partial charge < -0.3 is 14.4 Å². The van der Waals surface area contributed by atoms with Crippen molar-refractivity contribution in [1.29, 1.82) is 0 Å². The molecule has 0 aliphatic carbocycles. The van der Waals surface area contributed by atoms with Gasteiger partial charge in [-0.15, -0.1) is 0 Å². The van der Waals surface area contributed by atoms with E-state index in [2.05, 4.69) is 0 Å². The summed E-state index contributed by atoms with van der Waals surface area (Å²) in [6, 6.07) is 11.0. The zero-order valence-electron chi connectivity index (χ0n) is 13.6. The van der Waals surface area contributed by atoms with E-state index in [-0.39, 0.29) is 11.5 Å². The van der Waals surface area contributed by atoms with Crippen LogP contribution in [-0.4, -0.2) is 38.1 Å². The molecule has 24 heavy (non-hydrogen) atoms. The molecule has 0 N–H and O–H groups in total. The average Bonchev–Trinajstić information content (AvgIpc) is 2.58. The first-order chi connectivity index (χ1) is 11.5. The van der Waals surface area contributed by atoms with Crippen molar-refractivity contribution in [1.82, 2.24) is 4.90 Å². The molecule has 0 aliphatic rings. The highest BCUT2D eigenvalue weighted by atomic mass is 35.5. The second-order valence-electron chi connectivity index (χ2n) is 5.23. The molecule has 2 aromatic rings. The van der Waals surface area contributed by atoms with Crippen LogP contribution in [0.15, 0.2) is 42.5 Å². The highest BCUT2D eigenvalue weighted by Crippen LogP contribution is 2.21. The Bertz CT molecular complexity index is 708. The van der Waals surface area contributed by atoms with E-state index in [0.717, 1.165) is 0 Å². The Morgan fingerprint density at radius 2 is 2.04 bits per heavy atom. The molecule has 2 aromatic carbocycles. The lowest BCUT2D eigenvalue weighted by Crippen LogP contribution is -2.29. The van der Waals surface area contributed by atoms with Gasteiger partial charge in [0.05, 0.1) is 19.3 Å². The van der Waals surface area contributed by atoms with Crippen LogP contribution >= 0.6 is 11.6 Å². The fraction of sp³-hybridized carbons (Fsp3) is 0.278. The molecular formula is C18H19ClFNO3. The van der Waals surface area contributed by atoms with Crippen molar-refractivity contribution >= 4 is 17.5 Å². The first-order valence-electron chi connectivity index (χ1n) is 7.48. The van der Waals surface area contributed by atoms with Gasteiger partial charge in [0.15, 0.2) is 0 Å². The third-order valence-electron chi connectivity index (χ3n) is 3.44. The minimum Gasteiger partial charge on any atom is -0.496 e. The lowest BCUT2D eigenvalue weighted by molar-refractivity contribution is 0.0784.